The molecule has 0 aromatic carbocycles. The van der Waals surface area contributed by atoms with Crippen LogP contribution in [0.5, 0.6) is 0 Å². The Hall–Kier alpha value is -1.06. The Labute approximate surface area is 104 Å². The van der Waals surface area contributed by atoms with Gasteiger partial charge in [-0.15, -0.1) is 0 Å². The predicted octanol–water partition coefficient (Wildman–Crippen LogP) is 2.66. The fourth-order valence-corrected chi connectivity index (χ4v) is 2.32. The zero-order valence-corrected chi connectivity index (χ0v) is 11.0. The Morgan fingerprint density at radius 3 is 2.82 bits per heavy atom. The van der Waals surface area contributed by atoms with Crippen molar-refractivity contribution in [3.63, 3.8) is 0 Å². The molecule has 1 heterocycles. The maximum Gasteiger partial charge on any atom is 0.222 e. The monoisotopic (exact) mass is 240 g/mol. The first-order valence-electron chi connectivity index (χ1n) is 6.71. The third-order valence-electron chi connectivity index (χ3n) is 3.52. The average Bonchev–Trinajstić information content (AvgIpc) is 2.38. The molecule has 4 heteroatoms. The zero-order valence-electron chi connectivity index (χ0n) is 11.0. The number of carbonyl (C=O) groups excluding carboxylic acids is 1. The van der Waals surface area contributed by atoms with E-state index >= 15 is 0 Å². The van der Waals surface area contributed by atoms with Crippen LogP contribution < -0.4 is 0 Å². The van der Waals surface area contributed by atoms with Crippen molar-refractivity contribution in [1.29, 1.82) is 0 Å². The van der Waals surface area contributed by atoms with E-state index in [1.165, 1.54) is 0 Å². The van der Waals surface area contributed by atoms with Gasteiger partial charge in [0.25, 0.3) is 0 Å². The number of amides is 1. The molecule has 98 valence electrons. The summed E-state index contributed by atoms with van der Waals surface area (Å²) in [7, 11) is 0. The molecule has 0 bridgehead atoms. The highest BCUT2D eigenvalue weighted by atomic mass is 16.4. The first-order chi connectivity index (χ1) is 8.22. The van der Waals surface area contributed by atoms with E-state index in [2.05, 4.69) is 19.0 Å². The van der Waals surface area contributed by atoms with Gasteiger partial charge in [-0.05, 0) is 12.8 Å². The van der Waals surface area contributed by atoms with Gasteiger partial charge in [-0.2, -0.15) is 0 Å². The van der Waals surface area contributed by atoms with Crippen molar-refractivity contribution < 1.29 is 10.0 Å². The van der Waals surface area contributed by atoms with Crippen LogP contribution in [0, 0.1) is 5.92 Å². The Morgan fingerprint density at radius 2 is 2.24 bits per heavy atom. The molecule has 1 amide bonds. The number of carbonyl (C=O) groups is 1. The van der Waals surface area contributed by atoms with Crippen LogP contribution in [0.3, 0.4) is 0 Å². The predicted molar refractivity (Wildman–Crippen MR) is 68.3 cm³/mol. The van der Waals surface area contributed by atoms with Gasteiger partial charge in [0.15, 0.2) is 0 Å². The molecule has 17 heavy (non-hydrogen) atoms. The van der Waals surface area contributed by atoms with Gasteiger partial charge in [0.2, 0.25) is 5.91 Å². The standard InChI is InChI=1S/C13H24N2O2/c1-3-5-6-7-13(16)15-9-8-12(14-17)11(4-2)10-15/h11,17H,3-10H2,1-2H3. The van der Waals surface area contributed by atoms with Gasteiger partial charge in [0.05, 0.1) is 5.71 Å². The number of hydrogen-bond acceptors (Lipinski definition) is 3. The minimum atomic E-state index is 0.240. The third-order valence-corrected chi connectivity index (χ3v) is 3.52. The normalized spacial score (nSPS) is 23.1. The topological polar surface area (TPSA) is 52.9 Å². The molecule has 0 aliphatic carbocycles. The van der Waals surface area contributed by atoms with Crippen LogP contribution in [-0.2, 0) is 4.79 Å². The summed E-state index contributed by atoms with van der Waals surface area (Å²) >= 11 is 0. The molecule has 1 atom stereocenters. The van der Waals surface area contributed by atoms with Gasteiger partial charge >= 0.3 is 0 Å². The molecule has 4 nitrogen and oxygen atoms in total. The zero-order chi connectivity index (χ0) is 12.7. The van der Waals surface area contributed by atoms with E-state index in [0.29, 0.717) is 19.4 Å². The molecule has 1 N–H and O–H groups in total. The lowest BCUT2D eigenvalue weighted by Gasteiger charge is -2.33. The van der Waals surface area contributed by atoms with E-state index in [1.54, 1.807) is 0 Å². The van der Waals surface area contributed by atoms with Crippen LogP contribution >= 0.6 is 0 Å². The lowest BCUT2D eigenvalue weighted by molar-refractivity contribution is -0.132. The van der Waals surface area contributed by atoms with Crippen molar-refractivity contribution in [2.45, 2.75) is 52.4 Å². The summed E-state index contributed by atoms with van der Waals surface area (Å²) in [5.74, 6) is 0.498. The van der Waals surface area contributed by atoms with Crippen molar-refractivity contribution in [2.24, 2.45) is 11.1 Å². The van der Waals surface area contributed by atoms with Gasteiger partial charge in [0, 0.05) is 31.8 Å². The second-order valence-electron chi connectivity index (χ2n) is 4.74. The molecule has 0 radical (unpaired) electrons. The molecule has 1 rings (SSSR count). The van der Waals surface area contributed by atoms with Crippen molar-refractivity contribution in [3.8, 4) is 0 Å². The maximum absolute atomic E-state index is 12.0. The molecule has 1 aliphatic heterocycles. The van der Waals surface area contributed by atoms with Crippen LogP contribution in [0.25, 0.3) is 0 Å². The van der Waals surface area contributed by atoms with Gasteiger partial charge in [-0.3, -0.25) is 4.79 Å². The number of hydrogen-bond donors (Lipinski definition) is 1. The largest absolute Gasteiger partial charge is 0.411 e. The third kappa shape index (κ3) is 4.02. The quantitative estimate of drug-likeness (QED) is 0.456. The number of piperidine rings is 1. The summed E-state index contributed by atoms with van der Waals surface area (Å²) in [5, 5.41) is 12.2. The number of rotatable bonds is 5. The van der Waals surface area contributed by atoms with E-state index in [1.807, 2.05) is 4.90 Å². The highest BCUT2D eigenvalue weighted by Gasteiger charge is 2.27. The molecule has 0 aromatic heterocycles. The summed E-state index contributed by atoms with van der Waals surface area (Å²) < 4.78 is 0. The van der Waals surface area contributed by atoms with Crippen LogP contribution in [0.2, 0.25) is 0 Å². The Bertz CT molecular complexity index is 277. The van der Waals surface area contributed by atoms with E-state index in [-0.39, 0.29) is 11.8 Å². The summed E-state index contributed by atoms with van der Waals surface area (Å²) in [6, 6.07) is 0. The first-order valence-corrected chi connectivity index (χ1v) is 6.71. The van der Waals surface area contributed by atoms with E-state index in [4.69, 9.17) is 5.21 Å². The van der Waals surface area contributed by atoms with Gasteiger partial charge < -0.3 is 10.1 Å². The SMILES string of the molecule is CCCCCC(=O)N1CCC(=NO)C(CC)C1. The molecule has 1 saturated heterocycles. The van der Waals surface area contributed by atoms with Crippen LogP contribution in [0.15, 0.2) is 5.16 Å². The number of oxime groups is 1. The molecule has 0 aromatic rings. The van der Waals surface area contributed by atoms with Crippen molar-refractivity contribution in [3.05, 3.63) is 0 Å². The fourth-order valence-electron chi connectivity index (χ4n) is 2.32. The maximum atomic E-state index is 12.0. The fraction of sp³-hybridized carbons (Fsp3) is 0.846. The summed E-state index contributed by atoms with van der Waals surface area (Å²) in [5.41, 5.74) is 0.852. The molecule has 1 fully saturated rings. The second kappa shape index (κ2) is 7.30. The van der Waals surface area contributed by atoms with E-state index < -0.39 is 0 Å². The molecule has 1 unspecified atom stereocenters. The van der Waals surface area contributed by atoms with Gasteiger partial charge in [0.1, 0.15) is 0 Å². The number of likely N-dealkylation sites (tertiary alicyclic amines) is 1. The molecule has 0 spiro atoms. The molecular weight excluding hydrogens is 216 g/mol. The summed E-state index contributed by atoms with van der Waals surface area (Å²) in [4.78, 5) is 13.9. The van der Waals surface area contributed by atoms with Gasteiger partial charge in [-0.1, -0.05) is 31.8 Å². The molecule has 1 aliphatic rings. The Balaban J connectivity index is 2.43. The second-order valence-corrected chi connectivity index (χ2v) is 4.74. The Kier molecular flexibility index (Phi) is 6.01. The Morgan fingerprint density at radius 1 is 1.47 bits per heavy atom. The van der Waals surface area contributed by atoms with E-state index in [0.717, 1.165) is 37.9 Å². The lowest BCUT2D eigenvalue weighted by atomic mass is 9.93. The molecular formula is C13H24N2O2. The number of unbranched alkanes of at least 4 members (excludes halogenated alkanes) is 2. The van der Waals surface area contributed by atoms with Crippen LogP contribution in [0.1, 0.15) is 52.4 Å². The lowest BCUT2D eigenvalue weighted by Crippen LogP contribution is -2.43. The average molecular weight is 240 g/mol. The number of nitrogens with zero attached hydrogens (tertiary/aromatic N) is 2. The van der Waals surface area contributed by atoms with Crippen LogP contribution in [0.4, 0.5) is 0 Å². The van der Waals surface area contributed by atoms with Crippen molar-refractivity contribution in [2.75, 3.05) is 13.1 Å². The first kappa shape index (κ1) is 14.0. The van der Waals surface area contributed by atoms with Gasteiger partial charge in [-0.25, -0.2) is 0 Å². The van der Waals surface area contributed by atoms with Crippen molar-refractivity contribution >= 4 is 11.6 Å². The smallest absolute Gasteiger partial charge is 0.222 e. The highest BCUT2D eigenvalue weighted by molar-refractivity contribution is 5.89. The van der Waals surface area contributed by atoms with Crippen molar-refractivity contribution in [1.82, 2.24) is 4.90 Å². The highest BCUT2D eigenvalue weighted by Crippen LogP contribution is 2.18. The molecule has 0 saturated carbocycles. The summed E-state index contributed by atoms with van der Waals surface area (Å²) in [6.07, 6.45) is 5.57. The minimum Gasteiger partial charge on any atom is -0.411 e. The van der Waals surface area contributed by atoms with Crippen LogP contribution in [-0.4, -0.2) is 34.8 Å². The van der Waals surface area contributed by atoms with E-state index in [9.17, 15) is 4.79 Å². The minimum absolute atomic E-state index is 0.240. The summed E-state index contributed by atoms with van der Waals surface area (Å²) in [6.45, 7) is 5.64.